The van der Waals surface area contributed by atoms with Crippen molar-refractivity contribution < 1.29 is 4.74 Å². The Morgan fingerprint density at radius 1 is 0.889 bits per heavy atom. The number of pyridine rings is 1. The number of aromatic nitrogens is 1. The van der Waals surface area contributed by atoms with Gasteiger partial charge in [-0.05, 0) is 66.6 Å². The molecule has 0 N–H and O–H groups in total. The molecule has 2 nitrogen and oxygen atoms in total. The molecule has 0 saturated carbocycles. The summed E-state index contributed by atoms with van der Waals surface area (Å²) in [6.07, 6.45) is 3.04. The van der Waals surface area contributed by atoms with Crippen LogP contribution in [0.3, 0.4) is 0 Å². The van der Waals surface area contributed by atoms with Crippen LogP contribution in [-0.4, -0.2) is 10.6 Å². The molecule has 0 unspecified atom stereocenters. The molecule has 3 heterocycles. The predicted molar refractivity (Wildman–Crippen MR) is 156 cm³/mol. The van der Waals surface area contributed by atoms with Crippen LogP contribution in [0.5, 0.6) is 5.75 Å². The van der Waals surface area contributed by atoms with Crippen molar-refractivity contribution in [3.8, 4) is 17.0 Å². The second kappa shape index (κ2) is 7.55. The first kappa shape index (κ1) is 23.5. The maximum atomic E-state index is 6.79. The molecule has 0 amide bonds. The van der Waals surface area contributed by atoms with E-state index in [2.05, 4.69) is 104 Å². The molecule has 2 aromatic heterocycles. The smallest absolute Gasteiger partial charge is 0.134 e. The Morgan fingerprint density at radius 2 is 1.61 bits per heavy atom. The minimum absolute atomic E-state index is 0.134. The lowest BCUT2D eigenvalue weighted by Crippen LogP contribution is -2.42. The van der Waals surface area contributed by atoms with Gasteiger partial charge in [0, 0.05) is 38.2 Å². The van der Waals surface area contributed by atoms with Gasteiger partial charge in [0.2, 0.25) is 0 Å². The summed E-state index contributed by atoms with van der Waals surface area (Å²) < 4.78 is 9.41. The highest BCUT2D eigenvalue weighted by Gasteiger charge is 2.50. The maximum Gasteiger partial charge on any atom is 0.134 e. The summed E-state index contributed by atoms with van der Waals surface area (Å²) in [5.74, 6) is 0.992. The van der Waals surface area contributed by atoms with Crippen LogP contribution in [0.4, 0.5) is 0 Å². The van der Waals surface area contributed by atoms with E-state index in [1.54, 1.807) is 0 Å². The van der Waals surface area contributed by atoms with Gasteiger partial charge in [-0.25, -0.2) is 0 Å². The summed E-state index contributed by atoms with van der Waals surface area (Å²) in [7, 11) is 0. The van der Waals surface area contributed by atoms with E-state index in [1.165, 1.54) is 47.6 Å². The molecule has 0 aliphatic carbocycles. The Hall–Kier alpha value is -2.91. The van der Waals surface area contributed by atoms with Crippen LogP contribution in [0, 0.1) is 12.3 Å². The van der Waals surface area contributed by atoms with Crippen molar-refractivity contribution in [2.75, 3.05) is 0 Å². The summed E-state index contributed by atoms with van der Waals surface area (Å²) in [5.41, 5.74) is 6.07. The first-order valence-electron chi connectivity index (χ1n) is 12.9. The van der Waals surface area contributed by atoms with Gasteiger partial charge in [-0.1, -0.05) is 71.0 Å². The van der Waals surface area contributed by atoms with Crippen LogP contribution in [0.15, 0.2) is 54.7 Å². The number of hydrogen-bond acceptors (Lipinski definition) is 3. The number of ether oxygens (including phenoxy) is 1. The number of hydrogen-bond donors (Lipinski definition) is 0. The Morgan fingerprint density at radius 3 is 2.36 bits per heavy atom. The van der Waals surface area contributed by atoms with Crippen LogP contribution in [-0.2, 0) is 11.8 Å². The zero-order valence-corrected chi connectivity index (χ0v) is 23.5. The fourth-order valence-corrected chi connectivity index (χ4v) is 7.13. The zero-order chi connectivity index (χ0) is 25.6. The molecule has 3 aromatic carbocycles. The van der Waals surface area contributed by atoms with E-state index < -0.39 is 0 Å². The van der Waals surface area contributed by atoms with Crippen molar-refractivity contribution in [2.24, 2.45) is 5.41 Å². The number of thiophene rings is 1. The largest absolute Gasteiger partial charge is 0.486 e. The molecule has 1 aliphatic heterocycles. The molecule has 5 aromatic rings. The predicted octanol–water partition coefficient (Wildman–Crippen LogP) is 9.62. The highest BCUT2D eigenvalue weighted by Crippen LogP contribution is 2.56. The summed E-state index contributed by atoms with van der Waals surface area (Å²) >= 11 is 1.88. The van der Waals surface area contributed by atoms with Crippen LogP contribution < -0.4 is 4.74 Å². The lowest BCUT2D eigenvalue weighted by Gasteiger charge is -2.33. The molecule has 6 rings (SSSR count). The highest BCUT2D eigenvalue weighted by atomic mass is 32.1. The molecule has 0 bridgehead atoms. The van der Waals surface area contributed by atoms with E-state index >= 15 is 0 Å². The summed E-state index contributed by atoms with van der Waals surface area (Å²) in [4.78, 5) is 4.99. The first-order valence-corrected chi connectivity index (χ1v) is 13.8. The normalized spacial score (nSPS) is 16.6. The minimum atomic E-state index is -0.319. The van der Waals surface area contributed by atoms with Crippen molar-refractivity contribution in [2.45, 2.75) is 72.8 Å². The number of benzene rings is 3. The fraction of sp³-hybridized carbons (Fsp3) is 0.364. The van der Waals surface area contributed by atoms with Crippen molar-refractivity contribution in [1.29, 1.82) is 0 Å². The van der Waals surface area contributed by atoms with E-state index in [9.17, 15) is 0 Å². The second-order valence-corrected chi connectivity index (χ2v) is 13.7. The molecule has 3 heteroatoms. The van der Waals surface area contributed by atoms with Gasteiger partial charge in [0.05, 0.1) is 10.4 Å². The maximum absolute atomic E-state index is 6.79. The van der Waals surface area contributed by atoms with E-state index in [-0.39, 0.29) is 16.4 Å². The Labute approximate surface area is 218 Å². The summed E-state index contributed by atoms with van der Waals surface area (Å²) in [6, 6.07) is 17.8. The van der Waals surface area contributed by atoms with Crippen molar-refractivity contribution in [3.05, 3.63) is 71.4 Å². The first-order chi connectivity index (χ1) is 16.9. The lowest BCUT2D eigenvalue weighted by atomic mass is 9.72. The van der Waals surface area contributed by atoms with Crippen molar-refractivity contribution >= 4 is 42.3 Å². The van der Waals surface area contributed by atoms with Gasteiger partial charge < -0.3 is 4.74 Å². The van der Waals surface area contributed by atoms with E-state index in [1.807, 2.05) is 17.5 Å². The lowest BCUT2D eigenvalue weighted by molar-refractivity contribution is 0.0719. The number of nitrogens with zero attached hydrogens (tertiary/aromatic N) is 1. The summed E-state index contributed by atoms with van der Waals surface area (Å²) in [5, 5.41) is 5.12. The Bertz CT molecular complexity index is 1680. The minimum Gasteiger partial charge on any atom is -0.486 e. The van der Waals surface area contributed by atoms with Gasteiger partial charge in [0.1, 0.15) is 11.4 Å². The van der Waals surface area contributed by atoms with Gasteiger partial charge >= 0.3 is 0 Å². The third-order valence-electron chi connectivity index (χ3n) is 8.38. The van der Waals surface area contributed by atoms with Crippen LogP contribution in [0.25, 0.3) is 42.2 Å². The van der Waals surface area contributed by atoms with Crippen LogP contribution in [0.2, 0.25) is 0 Å². The molecule has 36 heavy (non-hydrogen) atoms. The van der Waals surface area contributed by atoms with Gasteiger partial charge in [0.25, 0.3) is 0 Å². The van der Waals surface area contributed by atoms with Gasteiger partial charge in [-0.3, -0.25) is 4.98 Å². The molecule has 184 valence electrons. The van der Waals surface area contributed by atoms with E-state index in [0.717, 1.165) is 23.4 Å². The van der Waals surface area contributed by atoms with Crippen LogP contribution in [0.1, 0.15) is 65.2 Å². The van der Waals surface area contributed by atoms with Crippen molar-refractivity contribution in [1.82, 2.24) is 4.98 Å². The SMILES string of the molecule is Cc1c(CC(C)(C)C)ccc2c1sc1c(-c3cc4ccccc4c4c3OC(C)(C)C4(C)C)nccc12. The second-order valence-electron chi connectivity index (χ2n) is 12.7. The molecule has 0 spiro atoms. The quantitative estimate of drug-likeness (QED) is 0.244. The monoisotopic (exact) mass is 493 g/mol. The highest BCUT2D eigenvalue weighted by molar-refractivity contribution is 7.26. The third kappa shape index (κ3) is 3.32. The third-order valence-corrected chi connectivity index (χ3v) is 9.73. The Kier molecular flexibility index (Phi) is 4.93. The average Bonchev–Trinajstić information content (AvgIpc) is 3.27. The molecule has 0 radical (unpaired) electrons. The molecular formula is C33H35NOS. The standard InChI is InChI=1S/C33H35NOS/c1-19-21(18-31(2,3)4)13-14-23-24-15-16-34-27(30(24)36-29(19)23)25-17-20-11-9-10-12-22(20)26-28(25)35-33(7,8)32(26,5)6/h9-17H,18H2,1-8H3. The molecule has 1 aliphatic rings. The van der Waals surface area contributed by atoms with E-state index in [0.29, 0.717) is 0 Å². The van der Waals surface area contributed by atoms with Gasteiger partial charge in [-0.2, -0.15) is 0 Å². The Balaban J connectivity index is 1.66. The number of fused-ring (bicyclic) bond motifs is 6. The van der Waals surface area contributed by atoms with Crippen molar-refractivity contribution in [3.63, 3.8) is 0 Å². The van der Waals surface area contributed by atoms with Crippen LogP contribution >= 0.6 is 11.3 Å². The molecule has 0 fully saturated rings. The molecular weight excluding hydrogens is 458 g/mol. The molecule has 0 atom stereocenters. The van der Waals surface area contributed by atoms with Gasteiger partial charge in [0.15, 0.2) is 0 Å². The topological polar surface area (TPSA) is 22.1 Å². The number of aryl methyl sites for hydroxylation is 1. The molecule has 0 saturated heterocycles. The van der Waals surface area contributed by atoms with Gasteiger partial charge in [-0.15, -0.1) is 11.3 Å². The van der Waals surface area contributed by atoms with E-state index in [4.69, 9.17) is 9.72 Å². The number of rotatable bonds is 2. The zero-order valence-electron chi connectivity index (χ0n) is 22.7. The fourth-order valence-electron chi connectivity index (χ4n) is 5.81. The average molecular weight is 494 g/mol. The summed E-state index contributed by atoms with van der Waals surface area (Å²) in [6.45, 7) is 18.3.